The average molecular weight is 280 g/mol. The second kappa shape index (κ2) is 6.26. The molecule has 0 spiro atoms. The van der Waals surface area contributed by atoms with Crippen molar-refractivity contribution in [2.75, 3.05) is 19.6 Å². The molecule has 0 aliphatic carbocycles. The van der Waals surface area contributed by atoms with E-state index in [4.69, 9.17) is 4.74 Å². The number of hydrogen-bond acceptors (Lipinski definition) is 4. The third-order valence-corrected chi connectivity index (χ3v) is 3.23. The Hall–Kier alpha value is -1.56. The topological polar surface area (TPSA) is 59.4 Å². The Balaban J connectivity index is 1.92. The second-order valence-electron chi connectivity index (χ2n) is 6.09. The molecule has 1 aromatic rings. The molecule has 0 aromatic carbocycles. The molecule has 2 rings (SSSR count). The molecule has 1 unspecified atom stereocenters. The fourth-order valence-corrected chi connectivity index (χ4v) is 2.29. The molecule has 1 saturated heterocycles. The minimum absolute atomic E-state index is 0.155. The van der Waals surface area contributed by atoms with Crippen LogP contribution in [0, 0.1) is 0 Å². The molecule has 6 heteroatoms. The molecule has 2 heterocycles. The molecule has 1 atom stereocenters. The van der Waals surface area contributed by atoms with Gasteiger partial charge in [-0.05, 0) is 33.3 Å². The first-order chi connectivity index (χ1) is 9.46. The van der Waals surface area contributed by atoms with Gasteiger partial charge in [0.25, 0.3) is 0 Å². The molecule has 1 aromatic heterocycles. The predicted octanol–water partition coefficient (Wildman–Crippen LogP) is 1.48. The zero-order chi connectivity index (χ0) is 14.6. The van der Waals surface area contributed by atoms with Crippen molar-refractivity contribution in [1.82, 2.24) is 20.0 Å². The van der Waals surface area contributed by atoms with E-state index < -0.39 is 5.60 Å². The maximum Gasteiger partial charge on any atom is 0.410 e. The van der Waals surface area contributed by atoms with E-state index in [9.17, 15) is 4.79 Å². The minimum atomic E-state index is -0.450. The molecule has 0 saturated carbocycles. The number of aryl methyl sites for hydroxylation is 1. The maximum absolute atomic E-state index is 12.2. The van der Waals surface area contributed by atoms with Gasteiger partial charge < -0.3 is 15.0 Å². The third-order valence-electron chi connectivity index (χ3n) is 3.23. The SMILES string of the molecule is CC(C)(C)OC(=O)N1CCNCC1CCn1cccn1. The van der Waals surface area contributed by atoms with Crippen molar-refractivity contribution in [3.05, 3.63) is 18.5 Å². The number of piperazine rings is 1. The van der Waals surface area contributed by atoms with Crippen molar-refractivity contribution < 1.29 is 9.53 Å². The van der Waals surface area contributed by atoms with E-state index in [1.807, 2.05) is 42.6 Å². The Morgan fingerprint density at radius 1 is 1.50 bits per heavy atom. The summed E-state index contributed by atoms with van der Waals surface area (Å²) in [6, 6.07) is 2.06. The van der Waals surface area contributed by atoms with E-state index in [1.165, 1.54) is 0 Å². The normalized spacial score (nSPS) is 19.9. The first kappa shape index (κ1) is 14.8. The molecule has 0 bridgehead atoms. The Bertz CT molecular complexity index is 425. The maximum atomic E-state index is 12.2. The summed E-state index contributed by atoms with van der Waals surface area (Å²) in [6.07, 6.45) is 4.36. The van der Waals surface area contributed by atoms with Crippen molar-refractivity contribution in [2.24, 2.45) is 0 Å². The summed E-state index contributed by atoms with van der Waals surface area (Å²) < 4.78 is 7.37. The van der Waals surface area contributed by atoms with Crippen LogP contribution in [-0.2, 0) is 11.3 Å². The van der Waals surface area contributed by atoms with Crippen molar-refractivity contribution in [3.8, 4) is 0 Å². The highest BCUT2D eigenvalue weighted by molar-refractivity contribution is 5.68. The van der Waals surface area contributed by atoms with Crippen molar-refractivity contribution in [3.63, 3.8) is 0 Å². The van der Waals surface area contributed by atoms with Crippen LogP contribution in [0.15, 0.2) is 18.5 Å². The lowest BCUT2D eigenvalue weighted by Gasteiger charge is -2.37. The van der Waals surface area contributed by atoms with Gasteiger partial charge in [0.15, 0.2) is 0 Å². The van der Waals surface area contributed by atoms with Crippen LogP contribution in [0.1, 0.15) is 27.2 Å². The Labute approximate surface area is 120 Å². The summed E-state index contributed by atoms with van der Waals surface area (Å²) in [4.78, 5) is 14.1. The van der Waals surface area contributed by atoms with Crippen LogP contribution in [0.5, 0.6) is 0 Å². The molecule has 20 heavy (non-hydrogen) atoms. The van der Waals surface area contributed by atoms with Crippen LogP contribution in [0.4, 0.5) is 4.79 Å². The monoisotopic (exact) mass is 280 g/mol. The fourth-order valence-electron chi connectivity index (χ4n) is 2.29. The lowest BCUT2D eigenvalue weighted by molar-refractivity contribution is 0.0106. The first-order valence-electron chi connectivity index (χ1n) is 7.13. The van der Waals surface area contributed by atoms with Gasteiger partial charge in [0.1, 0.15) is 5.60 Å². The van der Waals surface area contributed by atoms with Crippen molar-refractivity contribution in [2.45, 2.75) is 45.4 Å². The van der Waals surface area contributed by atoms with E-state index in [1.54, 1.807) is 6.20 Å². The Morgan fingerprint density at radius 3 is 2.95 bits per heavy atom. The minimum Gasteiger partial charge on any atom is -0.444 e. The van der Waals surface area contributed by atoms with Crippen LogP contribution in [0.2, 0.25) is 0 Å². The van der Waals surface area contributed by atoms with Gasteiger partial charge in [-0.25, -0.2) is 4.79 Å². The van der Waals surface area contributed by atoms with Gasteiger partial charge in [0.05, 0.1) is 0 Å². The van der Waals surface area contributed by atoms with Crippen LogP contribution in [0.25, 0.3) is 0 Å². The molecule has 1 fully saturated rings. The highest BCUT2D eigenvalue weighted by atomic mass is 16.6. The van der Waals surface area contributed by atoms with Gasteiger partial charge in [-0.1, -0.05) is 0 Å². The van der Waals surface area contributed by atoms with Crippen molar-refractivity contribution in [1.29, 1.82) is 0 Å². The van der Waals surface area contributed by atoms with Gasteiger partial charge >= 0.3 is 6.09 Å². The van der Waals surface area contributed by atoms with Gasteiger partial charge in [0.2, 0.25) is 0 Å². The van der Waals surface area contributed by atoms with Crippen LogP contribution < -0.4 is 5.32 Å². The highest BCUT2D eigenvalue weighted by Crippen LogP contribution is 2.15. The zero-order valence-electron chi connectivity index (χ0n) is 12.5. The fraction of sp³-hybridized carbons (Fsp3) is 0.714. The van der Waals surface area contributed by atoms with E-state index in [-0.39, 0.29) is 12.1 Å². The molecule has 1 N–H and O–H groups in total. The summed E-state index contributed by atoms with van der Waals surface area (Å²) >= 11 is 0. The first-order valence-corrected chi connectivity index (χ1v) is 7.13. The van der Waals surface area contributed by atoms with E-state index >= 15 is 0 Å². The third kappa shape index (κ3) is 4.23. The molecular weight excluding hydrogens is 256 g/mol. The van der Waals surface area contributed by atoms with Crippen LogP contribution in [-0.4, -0.2) is 52.1 Å². The van der Waals surface area contributed by atoms with Gasteiger partial charge in [-0.2, -0.15) is 5.10 Å². The molecule has 1 aliphatic rings. The molecule has 112 valence electrons. The molecule has 6 nitrogen and oxygen atoms in total. The summed E-state index contributed by atoms with van der Waals surface area (Å²) in [5, 5.41) is 7.53. The number of amides is 1. The second-order valence-corrected chi connectivity index (χ2v) is 6.09. The lowest BCUT2D eigenvalue weighted by Crippen LogP contribution is -2.54. The van der Waals surface area contributed by atoms with Gasteiger partial charge in [0, 0.05) is 44.6 Å². The summed E-state index contributed by atoms with van der Waals surface area (Å²) in [5.41, 5.74) is -0.450. The molecule has 0 radical (unpaired) electrons. The number of aromatic nitrogens is 2. The molecular formula is C14H24N4O2. The average Bonchev–Trinajstić information content (AvgIpc) is 2.87. The predicted molar refractivity (Wildman–Crippen MR) is 76.4 cm³/mol. The Kier molecular flexibility index (Phi) is 4.65. The van der Waals surface area contributed by atoms with E-state index in [2.05, 4.69) is 10.4 Å². The number of carbonyl (C=O) groups excluding carboxylic acids is 1. The van der Waals surface area contributed by atoms with Gasteiger partial charge in [-0.15, -0.1) is 0 Å². The highest BCUT2D eigenvalue weighted by Gasteiger charge is 2.30. The smallest absolute Gasteiger partial charge is 0.410 e. The number of rotatable bonds is 3. The summed E-state index contributed by atoms with van der Waals surface area (Å²) in [5.74, 6) is 0. The number of hydrogen-bond donors (Lipinski definition) is 1. The molecule has 1 aliphatic heterocycles. The summed E-state index contributed by atoms with van der Waals surface area (Å²) in [7, 11) is 0. The number of nitrogens with one attached hydrogen (secondary N) is 1. The largest absolute Gasteiger partial charge is 0.444 e. The number of nitrogens with zero attached hydrogens (tertiary/aromatic N) is 3. The molecule has 1 amide bonds. The zero-order valence-corrected chi connectivity index (χ0v) is 12.5. The van der Waals surface area contributed by atoms with E-state index in [0.717, 1.165) is 26.1 Å². The number of carbonyl (C=O) groups is 1. The van der Waals surface area contributed by atoms with Crippen molar-refractivity contribution >= 4 is 6.09 Å². The number of ether oxygens (including phenoxy) is 1. The van der Waals surface area contributed by atoms with Crippen LogP contribution >= 0.6 is 0 Å². The summed E-state index contributed by atoms with van der Waals surface area (Å²) in [6.45, 7) is 8.80. The quantitative estimate of drug-likeness (QED) is 0.911. The van der Waals surface area contributed by atoms with Crippen LogP contribution in [0.3, 0.4) is 0 Å². The van der Waals surface area contributed by atoms with E-state index in [0.29, 0.717) is 6.54 Å². The standard InChI is InChI=1S/C14H24N4O2/c1-14(2,3)20-13(19)18-10-7-15-11-12(18)5-9-17-8-4-6-16-17/h4,6,8,12,15H,5,7,9-11H2,1-3H3. The lowest BCUT2D eigenvalue weighted by atomic mass is 10.1. The van der Waals surface area contributed by atoms with Gasteiger partial charge in [-0.3, -0.25) is 4.68 Å². The Morgan fingerprint density at radius 2 is 2.30 bits per heavy atom.